The van der Waals surface area contributed by atoms with Crippen molar-refractivity contribution in [2.45, 2.75) is 29.9 Å². The van der Waals surface area contributed by atoms with Gasteiger partial charge >= 0.3 is 0 Å². The summed E-state index contributed by atoms with van der Waals surface area (Å²) in [4.78, 5) is 4.25. The van der Waals surface area contributed by atoms with Gasteiger partial charge in [-0.15, -0.1) is 0 Å². The van der Waals surface area contributed by atoms with Gasteiger partial charge in [-0.3, -0.25) is 4.98 Å². The van der Waals surface area contributed by atoms with E-state index in [1.165, 1.54) is 34.3 Å². The molecule has 0 aliphatic carbocycles. The third-order valence-corrected chi connectivity index (χ3v) is 7.53. The minimum absolute atomic E-state index is 0.402. The van der Waals surface area contributed by atoms with Gasteiger partial charge in [-0.2, -0.15) is 23.5 Å². The van der Waals surface area contributed by atoms with Crippen molar-refractivity contribution in [1.82, 2.24) is 10.3 Å². The summed E-state index contributed by atoms with van der Waals surface area (Å²) >= 11 is 4.27. The molecule has 2 nitrogen and oxygen atoms in total. The van der Waals surface area contributed by atoms with Crippen molar-refractivity contribution >= 4 is 34.3 Å². The number of nitrogens with one attached hydrogen (secondary N) is 1. The first-order valence-corrected chi connectivity index (χ1v) is 9.68. The molecule has 2 heterocycles. The average Bonchev–Trinajstić information content (AvgIpc) is 2.56. The largest absolute Gasteiger partial charge is 0.312 e. The van der Waals surface area contributed by atoms with Crippen LogP contribution in [-0.4, -0.2) is 34.0 Å². The van der Waals surface area contributed by atoms with Gasteiger partial charge in [0, 0.05) is 45.8 Å². The van der Waals surface area contributed by atoms with Crippen LogP contribution in [0.3, 0.4) is 0 Å². The summed E-state index contributed by atoms with van der Waals surface area (Å²) in [6, 6.07) is 9.13. The van der Waals surface area contributed by atoms with E-state index in [0.717, 1.165) is 5.25 Å². The van der Waals surface area contributed by atoms with Gasteiger partial charge in [0.05, 0.1) is 0 Å². The molecule has 0 spiro atoms. The van der Waals surface area contributed by atoms with Crippen LogP contribution in [0.4, 0.5) is 0 Å². The third-order valence-electron chi connectivity index (χ3n) is 4.18. The van der Waals surface area contributed by atoms with E-state index in [1.807, 2.05) is 12.4 Å². The normalized spacial score (nSPS) is 24.1. The molecule has 112 valence electrons. The molecule has 4 heteroatoms. The van der Waals surface area contributed by atoms with Crippen LogP contribution in [0, 0.1) is 0 Å². The van der Waals surface area contributed by atoms with Gasteiger partial charge < -0.3 is 5.32 Å². The van der Waals surface area contributed by atoms with Crippen molar-refractivity contribution in [2.24, 2.45) is 0 Å². The number of nitrogens with zero attached hydrogens (tertiary/aromatic N) is 1. The first-order valence-electron chi connectivity index (χ1n) is 7.58. The van der Waals surface area contributed by atoms with E-state index in [1.54, 1.807) is 0 Å². The fraction of sp³-hybridized carbons (Fsp3) is 0.471. The molecule has 3 atom stereocenters. The summed E-state index contributed by atoms with van der Waals surface area (Å²) in [7, 11) is 2.09. The Morgan fingerprint density at radius 2 is 2.14 bits per heavy atom. The van der Waals surface area contributed by atoms with Crippen LogP contribution in [0.2, 0.25) is 0 Å². The topological polar surface area (TPSA) is 24.9 Å². The van der Waals surface area contributed by atoms with Crippen molar-refractivity contribution in [2.75, 3.05) is 18.6 Å². The zero-order valence-corrected chi connectivity index (χ0v) is 14.2. The van der Waals surface area contributed by atoms with Gasteiger partial charge in [0.25, 0.3) is 0 Å². The molecular weight excluding hydrogens is 296 g/mol. The quantitative estimate of drug-likeness (QED) is 0.916. The second kappa shape index (κ2) is 7.03. The Morgan fingerprint density at radius 3 is 2.95 bits per heavy atom. The van der Waals surface area contributed by atoms with Crippen LogP contribution >= 0.6 is 23.5 Å². The fourth-order valence-corrected chi connectivity index (χ4v) is 6.44. The molecule has 21 heavy (non-hydrogen) atoms. The summed E-state index contributed by atoms with van der Waals surface area (Å²) in [5, 5.41) is 7.53. The average molecular weight is 319 g/mol. The summed E-state index contributed by atoms with van der Waals surface area (Å²) in [6.45, 7) is 2.32. The van der Waals surface area contributed by atoms with Crippen LogP contribution in [0.25, 0.3) is 10.8 Å². The van der Waals surface area contributed by atoms with Gasteiger partial charge in [0.1, 0.15) is 0 Å². The number of pyridine rings is 1. The molecule has 3 unspecified atom stereocenters. The first-order chi connectivity index (χ1) is 10.3. The van der Waals surface area contributed by atoms with Gasteiger partial charge in [-0.25, -0.2) is 0 Å². The summed E-state index contributed by atoms with van der Waals surface area (Å²) in [6.07, 6.45) is 5.11. The van der Waals surface area contributed by atoms with Crippen LogP contribution in [0.1, 0.15) is 24.9 Å². The van der Waals surface area contributed by atoms with Crippen molar-refractivity contribution in [1.29, 1.82) is 0 Å². The lowest BCUT2D eigenvalue weighted by Crippen LogP contribution is -2.37. The second-order valence-corrected chi connectivity index (χ2v) is 8.00. The fourth-order valence-electron chi connectivity index (χ4n) is 3.16. The molecule has 2 aromatic rings. The highest BCUT2D eigenvalue weighted by Gasteiger charge is 2.32. The minimum Gasteiger partial charge on any atom is -0.312 e. The number of aromatic nitrogens is 1. The molecule has 0 amide bonds. The summed E-state index contributed by atoms with van der Waals surface area (Å²) < 4.78 is 0. The number of benzene rings is 1. The van der Waals surface area contributed by atoms with Crippen LogP contribution < -0.4 is 5.32 Å². The molecule has 1 aliphatic heterocycles. The van der Waals surface area contributed by atoms with Gasteiger partial charge in [-0.05, 0) is 30.5 Å². The van der Waals surface area contributed by atoms with Crippen molar-refractivity contribution in [3.05, 3.63) is 42.2 Å². The van der Waals surface area contributed by atoms with Crippen LogP contribution in [-0.2, 0) is 0 Å². The maximum absolute atomic E-state index is 4.25. The Kier molecular flexibility index (Phi) is 5.09. The third kappa shape index (κ3) is 3.08. The van der Waals surface area contributed by atoms with E-state index in [4.69, 9.17) is 0 Å². The molecule has 1 aromatic heterocycles. The molecule has 1 fully saturated rings. The lowest BCUT2D eigenvalue weighted by atomic mass is 9.95. The molecule has 0 bridgehead atoms. The highest BCUT2D eigenvalue weighted by molar-refractivity contribution is 8.07. The molecule has 1 aliphatic rings. The zero-order valence-electron chi connectivity index (χ0n) is 12.6. The molecular formula is C17H22N2S2. The Morgan fingerprint density at radius 1 is 1.29 bits per heavy atom. The molecule has 1 saturated heterocycles. The number of thioether (sulfide) groups is 2. The van der Waals surface area contributed by atoms with E-state index in [2.05, 4.69) is 72.1 Å². The highest BCUT2D eigenvalue weighted by Crippen LogP contribution is 2.41. The maximum Gasteiger partial charge on any atom is 0.0455 e. The van der Waals surface area contributed by atoms with E-state index < -0.39 is 0 Å². The molecule has 1 aromatic carbocycles. The zero-order chi connectivity index (χ0) is 14.7. The van der Waals surface area contributed by atoms with E-state index in [9.17, 15) is 0 Å². The van der Waals surface area contributed by atoms with Gasteiger partial charge in [-0.1, -0.05) is 25.1 Å². The Balaban J connectivity index is 2.01. The number of rotatable bonds is 4. The summed E-state index contributed by atoms with van der Waals surface area (Å²) in [5.41, 5.74) is 1.41. The number of hydrogen-bond donors (Lipinski definition) is 1. The Hall–Kier alpha value is -0.710. The lowest BCUT2D eigenvalue weighted by molar-refractivity contribution is 0.547. The number of hydrogen-bond acceptors (Lipinski definition) is 4. The van der Waals surface area contributed by atoms with Gasteiger partial charge in [0.15, 0.2) is 0 Å². The molecule has 0 radical (unpaired) electrons. The van der Waals surface area contributed by atoms with Crippen molar-refractivity contribution in [3.63, 3.8) is 0 Å². The smallest absolute Gasteiger partial charge is 0.0455 e. The number of fused-ring (bicyclic) bond motifs is 1. The standard InChI is InChI=1S/C17H22N2S2/c1-3-15-17(21-10-9-20-15)16(18-2)14-6-4-5-12-11-19-8-7-13(12)14/h4-8,11,15-18H,3,9-10H2,1-2H3. The van der Waals surface area contributed by atoms with Gasteiger partial charge in [0.2, 0.25) is 0 Å². The molecule has 1 N–H and O–H groups in total. The first kappa shape index (κ1) is 15.2. The summed E-state index contributed by atoms with van der Waals surface area (Å²) in [5.74, 6) is 2.55. The lowest BCUT2D eigenvalue weighted by Gasteiger charge is -2.36. The van der Waals surface area contributed by atoms with Crippen molar-refractivity contribution < 1.29 is 0 Å². The van der Waals surface area contributed by atoms with Crippen LogP contribution in [0.5, 0.6) is 0 Å². The van der Waals surface area contributed by atoms with E-state index >= 15 is 0 Å². The van der Waals surface area contributed by atoms with Crippen LogP contribution in [0.15, 0.2) is 36.7 Å². The monoisotopic (exact) mass is 318 g/mol. The SMILES string of the molecule is CCC1SCCSC1C(NC)c1cccc2cnccc12. The van der Waals surface area contributed by atoms with Crippen molar-refractivity contribution in [3.8, 4) is 0 Å². The highest BCUT2D eigenvalue weighted by atomic mass is 32.2. The second-order valence-electron chi connectivity index (χ2n) is 5.36. The van der Waals surface area contributed by atoms with E-state index in [-0.39, 0.29) is 0 Å². The minimum atomic E-state index is 0.402. The Bertz CT molecular complexity index is 597. The Labute approximate surface area is 135 Å². The maximum atomic E-state index is 4.25. The van der Waals surface area contributed by atoms with E-state index in [0.29, 0.717) is 11.3 Å². The predicted octanol–water partition coefficient (Wildman–Crippen LogP) is 4.12. The molecule has 3 rings (SSSR count). The molecule has 0 saturated carbocycles. The predicted molar refractivity (Wildman–Crippen MR) is 96.3 cm³/mol.